The van der Waals surface area contributed by atoms with Crippen LogP contribution in [0.15, 0.2) is 227 Å². The zero-order valence-corrected chi connectivity index (χ0v) is 85.9. The van der Waals surface area contributed by atoms with Gasteiger partial charge in [-0.15, -0.1) is 0 Å². The maximum absolute atomic E-state index is 13.5. The van der Waals surface area contributed by atoms with Crippen molar-refractivity contribution in [2.45, 2.75) is 190 Å². The second kappa shape index (κ2) is 43.3. The number of nitrogen functional groups attached to an aromatic ring is 1. The third kappa shape index (κ3) is 26.5. The smallest absolute Gasteiger partial charge is 0.433 e. The third-order valence-electron chi connectivity index (χ3n) is 25.0. The molecule has 11 aromatic rings. The van der Waals surface area contributed by atoms with Gasteiger partial charge in [0.25, 0.3) is 63.7 Å². The van der Waals surface area contributed by atoms with E-state index in [2.05, 4.69) is 182 Å². The lowest BCUT2D eigenvalue weighted by molar-refractivity contribution is -0.141. The number of carbonyl (C=O) groups is 4. The lowest BCUT2D eigenvalue weighted by Gasteiger charge is -2.33. The number of hydrogen-bond donors (Lipinski definition) is 7. The van der Waals surface area contributed by atoms with Crippen LogP contribution in [0.5, 0.6) is 5.75 Å². The van der Waals surface area contributed by atoms with Crippen LogP contribution in [0.25, 0.3) is 11.1 Å². The van der Waals surface area contributed by atoms with Gasteiger partial charge in [-0.05, 0) is 249 Å². The highest BCUT2D eigenvalue weighted by Crippen LogP contribution is 2.43. The number of carbonyl (C=O) groups excluding carboxylic acids is 4. The molecule has 5 aliphatic heterocycles. The number of alkyl halides is 3. The van der Waals surface area contributed by atoms with Gasteiger partial charge in [0.2, 0.25) is 0 Å². The Morgan fingerprint density at radius 3 is 1.27 bits per heavy atom. The highest BCUT2D eigenvalue weighted by atomic mass is 32.2. The normalized spacial score (nSPS) is 18.1. The first-order valence-electron chi connectivity index (χ1n) is 46.7. The molecule has 5 aliphatic rings. The molecular formula is C101H122F3N21O14S4. The summed E-state index contributed by atoms with van der Waals surface area (Å²) in [6.07, 6.45) is 7.32. The van der Waals surface area contributed by atoms with Crippen molar-refractivity contribution in [2.24, 2.45) is 23.7 Å². The van der Waals surface area contributed by atoms with E-state index < -0.39 is 80.6 Å². The molecule has 5 fully saturated rings. The molecular weight excluding hydrogens is 1920 g/mol. The van der Waals surface area contributed by atoms with Gasteiger partial charge in [0.15, 0.2) is 20.1 Å². The van der Waals surface area contributed by atoms with E-state index in [-0.39, 0.29) is 82.2 Å². The number of methoxy groups -OCH3 is 1. The summed E-state index contributed by atoms with van der Waals surface area (Å²) in [4.78, 5) is 101. The van der Waals surface area contributed by atoms with Gasteiger partial charge in [-0.25, -0.2) is 63.7 Å². The molecule has 9 aromatic heterocycles. The topological polar surface area (TPSA) is 454 Å². The number of amides is 4. The summed E-state index contributed by atoms with van der Waals surface area (Å²) >= 11 is 0. The van der Waals surface area contributed by atoms with Crippen LogP contribution in [0.2, 0.25) is 0 Å². The number of anilines is 9. The summed E-state index contributed by atoms with van der Waals surface area (Å²) in [7, 11) is -15.4. The Bertz CT molecular complexity index is 6960. The number of ether oxygens (including phenoxy) is 2. The quantitative estimate of drug-likeness (QED) is 0.0279. The van der Waals surface area contributed by atoms with Crippen LogP contribution in [0.3, 0.4) is 0 Å². The Morgan fingerprint density at radius 1 is 0.448 bits per heavy atom. The zero-order chi connectivity index (χ0) is 104. The molecule has 8 N–H and O–H groups in total. The third-order valence-corrected chi connectivity index (χ3v) is 30.0. The zero-order valence-electron chi connectivity index (χ0n) is 82.7. The molecule has 4 atom stereocenters. The number of pyridine rings is 9. The van der Waals surface area contributed by atoms with Crippen LogP contribution in [-0.4, -0.2) is 190 Å². The van der Waals surface area contributed by atoms with Crippen LogP contribution in [-0.2, 0) is 62.8 Å². The molecule has 0 saturated carbocycles. The van der Waals surface area contributed by atoms with E-state index in [0.717, 1.165) is 79.5 Å². The highest BCUT2D eigenvalue weighted by molar-refractivity contribution is 7.91. The number of rotatable bonds is 25. The summed E-state index contributed by atoms with van der Waals surface area (Å²) in [5.41, 5.74) is 8.48. The second-order valence-electron chi connectivity index (χ2n) is 39.9. The highest BCUT2D eigenvalue weighted by Gasteiger charge is 2.45. The van der Waals surface area contributed by atoms with E-state index >= 15 is 0 Å². The fraction of sp³-hybridized carbons (Fsp3) is 0.396. The Morgan fingerprint density at radius 2 is 0.853 bits per heavy atom. The first-order chi connectivity index (χ1) is 67.2. The number of hydrogen-bond acceptors (Lipinski definition) is 31. The molecule has 0 aliphatic carbocycles. The molecule has 14 heterocycles. The van der Waals surface area contributed by atoms with Crippen LogP contribution < -0.4 is 64.5 Å². The Kier molecular flexibility index (Phi) is 32.3. The molecule has 0 spiro atoms. The van der Waals surface area contributed by atoms with E-state index in [1.165, 1.54) is 60.2 Å². The van der Waals surface area contributed by atoms with Gasteiger partial charge >= 0.3 is 6.18 Å². The van der Waals surface area contributed by atoms with Gasteiger partial charge in [0.1, 0.15) is 58.0 Å². The second-order valence-corrected chi connectivity index (χ2v) is 46.4. The Hall–Kier alpha value is -13.6. The van der Waals surface area contributed by atoms with E-state index in [1.807, 2.05) is 64.8 Å². The number of sulfonamides is 4. The van der Waals surface area contributed by atoms with Gasteiger partial charge in [-0.1, -0.05) is 109 Å². The molecule has 5 saturated heterocycles. The first kappa shape index (κ1) is 107. The molecule has 4 amide bonds. The van der Waals surface area contributed by atoms with Gasteiger partial charge in [0, 0.05) is 98.3 Å². The fourth-order valence-corrected chi connectivity index (χ4v) is 22.4. The van der Waals surface area contributed by atoms with Crippen molar-refractivity contribution in [3.8, 4) is 16.9 Å². The molecule has 42 heteroatoms. The predicted octanol–water partition coefficient (Wildman–Crippen LogP) is 15.1. The number of benzene rings is 2. The fourth-order valence-electron chi connectivity index (χ4n) is 18.6. The van der Waals surface area contributed by atoms with Crippen LogP contribution in [0.1, 0.15) is 188 Å². The number of nitrogens with zero attached hydrogens (tertiary/aromatic N) is 14. The van der Waals surface area contributed by atoms with Crippen molar-refractivity contribution in [3.63, 3.8) is 0 Å². The average Bonchev–Trinajstić information content (AvgIpc) is 1.78. The number of aromatic nitrogens is 9. The van der Waals surface area contributed by atoms with Crippen LogP contribution >= 0.6 is 0 Å². The average molecular weight is 2040 g/mol. The van der Waals surface area contributed by atoms with Crippen LogP contribution in [0.4, 0.5) is 65.4 Å². The number of morpholine rings is 1. The largest absolute Gasteiger partial charge is 0.497 e. The summed E-state index contributed by atoms with van der Waals surface area (Å²) in [5, 5.41) is 4.63. The molecule has 0 bridgehead atoms. The molecule has 0 radical (unpaired) electrons. The van der Waals surface area contributed by atoms with Gasteiger partial charge in [0.05, 0.1) is 54.5 Å². The van der Waals surface area contributed by atoms with Gasteiger partial charge in [-0.3, -0.25) is 19.2 Å². The minimum atomic E-state index is -4.58. The standard InChI is InChI=1S/C28H35N5O3S.C27H33N5O4S.C24H25F3N6O3S.C22H29N5O4S/c1-18-15-28(5,6)33(17-18)25-22(26(34)32-37(35,36)24-9-7-8-23(29)31-24)14-20(16-30-25)19-10-12-21(13-11-19)27(2,3)4;1-19-17-27(2,3)32(18-19)25-22(10-7-14-29-25)26(33)31-37(34,35)24-12-6-11-23(30-24)28-15-13-20-8-5-9-21(16-20)36-4;1-15-12-23(2,3)33(14-15)21-17(6-5-11-28-21)22(34)32-37(35,36)20-8-4-7-19(31-20)30-16-9-10-18(29-13-16)24(25,26)27;1-16-14-22(2,3)27(15-16)20-17(6-5-9-23-20)21(28)25-32(29,30)19-8-4-7-18(24-19)26-10-12-31-13-11-26/h7-14,16,18H,15,17H2,1-6H3,(H2,29,31)(H,32,34);5-12,14,16,19H,13,15,17-18H2,1-4H3,(H,28,30)(H,31,33);4-11,13,15H,12,14H2,1-3H3,(H,30,31)(H,32,34);4-9,16H,10-15H2,1-3H3,(H,25,28). The lowest BCUT2D eigenvalue weighted by Crippen LogP contribution is -2.41. The van der Waals surface area contributed by atoms with Gasteiger partial charge in [-0.2, -0.15) is 46.8 Å². The summed E-state index contributed by atoms with van der Waals surface area (Å²) in [6.45, 7) is 37.5. The summed E-state index contributed by atoms with van der Waals surface area (Å²) in [5.74, 6) is 2.17. The molecule has 143 heavy (non-hydrogen) atoms. The summed E-state index contributed by atoms with van der Waals surface area (Å²) in [6, 6.07) is 46.7. The predicted molar refractivity (Wildman–Crippen MR) is 543 cm³/mol. The molecule has 4 unspecified atom stereocenters. The van der Waals surface area contributed by atoms with Crippen molar-refractivity contribution in [1.82, 2.24) is 63.7 Å². The van der Waals surface area contributed by atoms with E-state index in [9.17, 15) is 66.0 Å². The van der Waals surface area contributed by atoms with Crippen molar-refractivity contribution in [1.29, 1.82) is 0 Å². The van der Waals surface area contributed by atoms with Gasteiger partial charge < -0.3 is 50.3 Å². The maximum Gasteiger partial charge on any atom is 0.433 e. The van der Waals surface area contributed by atoms with E-state index in [4.69, 9.17) is 20.2 Å². The number of nitrogens with two attached hydrogens (primary N) is 1. The monoisotopic (exact) mass is 2040 g/mol. The Labute approximate surface area is 833 Å². The van der Waals surface area contributed by atoms with Crippen molar-refractivity contribution in [3.05, 3.63) is 246 Å². The SMILES string of the molecule is CC1CN(c2ncc(-c3ccc(C(C)(C)C)cc3)cc2C(=O)NS(=O)(=O)c2cccc(N)n2)C(C)(C)C1.CC1CN(c2ncccc2C(=O)NS(=O)(=O)c2cccc(N3CCOCC3)n2)C(C)(C)C1.CC1CN(c2ncccc2C(=O)NS(=O)(=O)c2cccc(Nc3ccc(C(F)(F)F)nc3)n2)C(C)(C)C1.COc1cccc(CCNc2cccc(S(=O)(=O)NC(=O)c3cccnc3N3CC(C)CC3(C)C)n2)c1. The van der Waals surface area contributed by atoms with Crippen molar-refractivity contribution >= 4 is 116 Å². The first-order valence-corrected chi connectivity index (χ1v) is 52.6. The Balaban J connectivity index is 0.000000160. The summed E-state index contributed by atoms with van der Waals surface area (Å²) < 4.78 is 161. The molecule has 2 aromatic carbocycles. The van der Waals surface area contributed by atoms with E-state index in [1.54, 1.807) is 92.6 Å². The maximum atomic E-state index is 13.5. The number of nitrogens with one attached hydrogen (secondary N) is 6. The molecule has 760 valence electrons. The van der Waals surface area contributed by atoms with Crippen LogP contribution in [0, 0.1) is 23.7 Å². The van der Waals surface area contributed by atoms with Crippen molar-refractivity contribution < 1.29 is 75.5 Å². The number of halogens is 3. The molecule has 35 nitrogen and oxygen atoms in total. The molecule has 16 rings (SSSR count). The van der Waals surface area contributed by atoms with E-state index in [0.29, 0.717) is 111 Å². The lowest BCUT2D eigenvalue weighted by atomic mass is 9.86. The van der Waals surface area contributed by atoms with Crippen molar-refractivity contribution in [2.75, 3.05) is 107 Å². The minimum Gasteiger partial charge on any atom is -0.497 e. The minimum absolute atomic E-state index is 0.00689.